The van der Waals surface area contributed by atoms with Crippen molar-refractivity contribution < 1.29 is 14.3 Å². The first-order valence-electron chi connectivity index (χ1n) is 13.5. The second-order valence-corrected chi connectivity index (χ2v) is 11.4. The van der Waals surface area contributed by atoms with Crippen molar-refractivity contribution in [1.29, 1.82) is 5.26 Å². The zero-order valence-electron chi connectivity index (χ0n) is 22.7. The molecule has 0 bridgehead atoms. The maximum Gasteiger partial charge on any atom is 0.321 e. The third-order valence-corrected chi connectivity index (χ3v) is 8.38. The molecular formula is C28H37N7O3. The Morgan fingerprint density at radius 2 is 1.97 bits per heavy atom. The molecule has 3 amide bonds. The average molecular weight is 520 g/mol. The van der Waals surface area contributed by atoms with Gasteiger partial charge in [0.1, 0.15) is 0 Å². The summed E-state index contributed by atoms with van der Waals surface area (Å²) in [6.07, 6.45) is 2.22. The van der Waals surface area contributed by atoms with E-state index in [2.05, 4.69) is 40.3 Å². The van der Waals surface area contributed by atoms with Gasteiger partial charge in [-0.05, 0) is 64.7 Å². The van der Waals surface area contributed by atoms with Crippen molar-refractivity contribution in [2.24, 2.45) is 5.92 Å². The van der Waals surface area contributed by atoms with E-state index in [0.29, 0.717) is 36.0 Å². The summed E-state index contributed by atoms with van der Waals surface area (Å²) >= 11 is 0. The van der Waals surface area contributed by atoms with E-state index in [1.165, 1.54) is 0 Å². The molecule has 4 heterocycles. The maximum absolute atomic E-state index is 13.9. The summed E-state index contributed by atoms with van der Waals surface area (Å²) < 4.78 is 5.52. The summed E-state index contributed by atoms with van der Waals surface area (Å²) in [5, 5.41) is 19.4. The molecule has 38 heavy (non-hydrogen) atoms. The predicted molar refractivity (Wildman–Crippen MR) is 142 cm³/mol. The largest absolute Gasteiger partial charge is 0.381 e. The molecule has 1 aromatic heterocycles. The van der Waals surface area contributed by atoms with Crippen molar-refractivity contribution in [2.45, 2.75) is 64.7 Å². The van der Waals surface area contributed by atoms with Gasteiger partial charge >= 0.3 is 6.03 Å². The molecule has 2 saturated heterocycles. The van der Waals surface area contributed by atoms with E-state index in [1.54, 1.807) is 24.3 Å². The molecule has 0 saturated carbocycles. The SMILES string of the molecule is C[C@@H]1CN(C(=O)N2Cc3c(NC(=O)c4cccc(C#N)c4)n[nH]c3C2(C)C)[C@@H](C)CN1CC1CCOCC1. The number of urea groups is 1. The van der Waals surface area contributed by atoms with Crippen molar-refractivity contribution in [2.75, 3.05) is 38.2 Å². The van der Waals surface area contributed by atoms with Gasteiger partial charge in [0.15, 0.2) is 5.82 Å². The summed E-state index contributed by atoms with van der Waals surface area (Å²) in [6.45, 7) is 13.0. The molecule has 202 valence electrons. The number of hydrogen-bond donors (Lipinski definition) is 2. The number of piperazine rings is 1. The Balaban J connectivity index is 1.27. The summed E-state index contributed by atoms with van der Waals surface area (Å²) in [5.74, 6) is 0.729. The molecule has 2 N–H and O–H groups in total. The third-order valence-electron chi connectivity index (χ3n) is 8.38. The van der Waals surface area contributed by atoms with Crippen LogP contribution in [0.15, 0.2) is 24.3 Å². The number of carbonyl (C=O) groups excluding carboxylic acids is 2. The van der Waals surface area contributed by atoms with Crippen molar-refractivity contribution in [1.82, 2.24) is 24.9 Å². The number of benzene rings is 1. The number of nitrogens with zero attached hydrogens (tertiary/aromatic N) is 5. The van der Waals surface area contributed by atoms with E-state index >= 15 is 0 Å². The number of H-pyrrole nitrogens is 1. The van der Waals surface area contributed by atoms with Crippen LogP contribution in [0.25, 0.3) is 0 Å². The lowest BCUT2D eigenvalue weighted by atomic mass is 9.97. The smallest absolute Gasteiger partial charge is 0.321 e. The third kappa shape index (κ3) is 4.88. The molecule has 2 atom stereocenters. The normalized spacial score (nSPS) is 23.7. The van der Waals surface area contributed by atoms with Crippen LogP contribution >= 0.6 is 0 Å². The number of aromatic nitrogens is 2. The Hall–Kier alpha value is -3.42. The van der Waals surface area contributed by atoms with Crippen LogP contribution in [-0.4, -0.2) is 81.8 Å². The highest BCUT2D eigenvalue weighted by Gasteiger charge is 2.47. The molecule has 0 radical (unpaired) electrons. The minimum absolute atomic E-state index is 0.00339. The van der Waals surface area contributed by atoms with Crippen LogP contribution in [0.2, 0.25) is 0 Å². The van der Waals surface area contributed by atoms with Gasteiger partial charge in [-0.25, -0.2) is 4.79 Å². The van der Waals surface area contributed by atoms with Crippen molar-refractivity contribution in [3.8, 4) is 6.07 Å². The van der Waals surface area contributed by atoms with E-state index in [4.69, 9.17) is 10.00 Å². The monoisotopic (exact) mass is 519 g/mol. The lowest BCUT2D eigenvalue weighted by Gasteiger charge is -2.47. The topological polar surface area (TPSA) is 118 Å². The molecule has 3 aliphatic rings. The highest BCUT2D eigenvalue weighted by atomic mass is 16.5. The Bertz CT molecular complexity index is 1240. The molecule has 10 heteroatoms. The number of amides is 3. The summed E-state index contributed by atoms with van der Waals surface area (Å²) in [4.78, 5) is 33.2. The second kappa shape index (κ2) is 10.4. The fourth-order valence-corrected chi connectivity index (χ4v) is 5.97. The quantitative estimate of drug-likeness (QED) is 0.638. The van der Waals surface area contributed by atoms with Crippen LogP contribution in [-0.2, 0) is 16.8 Å². The Kier molecular flexibility index (Phi) is 7.16. The number of anilines is 1. The van der Waals surface area contributed by atoms with Crippen LogP contribution in [0.5, 0.6) is 0 Å². The van der Waals surface area contributed by atoms with E-state index in [-0.39, 0.29) is 24.0 Å². The zero-order valence-corrected chi connectivity index (χ0v) is 22.7. The van der Waals surface area contributed by atoms with Gasteiger partial charge in [0.2, 0.25) is 0 Å². The molecule has 2 fully saturated rings. The lowest BCUT2D eigenvalue weighted by molar-refractivity contribution is 0.00882. The van der Waals surface area contributed by atoms with Gasteiger partial charge in [-0.1, -0.05) is 6.07 Å². The van der Waals surface area contributed by atoms with Crippen LogP contribution in [0, 0.1) is 17.2 Å². The highest BCUT2D eigenvalue weighted by molar-refractivity contribution is 6.04. The molecule has 2 aromatic rings. The maximum atomic E-state index is 13.9. The van der Waals surface area contributed by atoms with Gasteiger partial charge in [-0.15, -0.1) is 0 Å². The molecule has 0 spiro atoms. The first-order chi connectivity index (χ1) is 18.2. The predicted octanol–water partition coefficient (Wildman–Crippen LogP) is 3.53. The summed E-state index contributed by atoms with van der Waals surface area (Å²) in [6, 6.07) is 8.97. The number of aromatic amines is 1. The summed E-state index contributed by atoms with van der Waals surface area (Å²) in [7, 11) is 0. The summed E-state index contributed by atoms with van der Waals surface area (Å²) in [5.41, 5.74) is 1.83. The minimum Gasteiger partial charge on any atom is -0.381 e. The van der Waals surface area contributed by atoms with Gasteiger partial charge < -0.3 is 19.9 Å². The number of carbonyl (C=O) groups is 2. The average Bonchev–Trinajstić information content (AvgIpc) is 3.43. The highest BCUT2D eigenvalue weighted by Crippen LogP contribution is 2.41. The number of nitriles is 1. The van der Waals surface area contributed by atoms with E-state index in [1.807, 2.05) is 23.6 Å². The number of hydrogen-bond acceptors (Lipinski definition) is 6. The number of fused-ring (bicyclic) bond motifs is 1. The van der Waals surface area contributed by atoms with E-state index < -0.39 is 5.54 Å². The molecule has 3 aliphatic heterocycles. The van der Waals surface area contributed by atoms with Crippen LogP contribution in [0.1, 0.15) is 67.7 Å². The van der Waals surface area contributed by atoms with E-state index in [0.717, 1.165) is 50.4 Å². The first kappa shape index (κ1) is 26.2. The number of nitrogens with one attached hydrogen (secondary N) is 2. The molecule has 1 aromatic carbocycles. The van der Waals surface area contributed by atoms with Crippen molar-refractivity contribution in [3.63, 3.8) is 0 Å². The number of rotatable bonds is 4. The Labute approximate surface area is 223 Å². The molecule has 5 rings (SSSR count). The van der Waals surface area contributed by atoms with Crippen LogP contribution in [0.3, 0.4) is 0 Å². The van der Waals surface area contributed by atoms with Gasteiger partial charge in [-0.2, -0.15) is 10.4 Å². The Morgan fingerprint density at radius 1 is 1.21 bits per heavy atom. The molecule has 0 unspecified atom stereocenters. The van der Waals surface area contributed by atoms with Crippen molar-refractivity contribution >= 4 is 17.8 Å². The first-order valence-corrected chi connectivity index (χ1v) is 13.5. The zero-order chi connectivity index (χ0) is 27.0. The van der Waals surface area contributed by atoms with Crippen molar-refractivity contribution in [3.05, 3.63) is 46.6 Å². The second-order valence-electron chi connectivity index (χ2n) is 11.4. The van der Waals surface area contributed by atoms with Gasteiger partial charge in [0, 0.05) is 56.1 Å². The molecule has 0 aliphatic carbocycles. The van der Waals surface area contributed by atoms with Gasteiger partial charge in [-0.3, -0.25) is 14.8 Å². The Morgan fingerprint density at radius 3 is 2.71 bits per heavy atom. The number of ether oxygens (including phenoxy) is 1. The fraction of sp³-hybridized carbons (Fsp3) is 0.571. The van der Waals surface area contributed by atoms with Gasteiger partial charge in [0.05, 0.1) is 29.4 Å². The standard InChI is InChI=1S/C28H37N7O3/c1-18-15-34(19(2)14-33(18)16-20-8-10-38-11-9-20)27(37)35-17-23-24(28(35,3)4)31-32-25(23)30-26(36)22-7-5-6-21(12-22)13-29/h5-7,12,18-20H,8-11,14-17H2,1-4H3,(H2,30,31,32,36)/t18-,19+/m1/s1. The lowest BCUT2D eigenvalue weighted by Crippen LogP contribution is -2.62. The van der Waals surface area contributed by atoms with Crippen LogP contribution in [0.4, 0.5) is 10.6 Å². The molecular weight excluding hydrogens is 482 g/mol. The van der Waals surface area contributed by atoms with Gasteiger partial charge in [0.25, 0.3) is 5.91 Å². The fourth-order valence-electron chi connectivity index (χ4n) is 5.97. The van der Waals surface area contributed by atoms with E-state index in [9.17, 15) is 9.59 Å². The molecule has 10 nitrogen and oxygen atoms in total. The minimum atomic E-state index is -0.606. The van der Waals surface area contributed by atoms with Crippen LogP contribution < -0.4 is 5.32 Å².